The lowest BCUT2D eigenvalue weighted by Gasteiger charge is -2.41. The topological polar surface area (TPSA) is 35.5 Å². The molecule has 2 N–H and O–H groups in total. The van der Waals surface area contributed by atoms with E-state index in [4.69, 9.17) is 0 Å². The molecule has 1 aliphatic carbocycles. The molecule has 0 bridgehead atoms. The molecule has 2 aliphatic rings. The van der Waals surface area contributed by atoms with Crippen LogP contribution in [0.15, 0.2) is 0 Å². The first-order valence-electron chi connectivity index (χ1n) is 9.26. The van der Waals surface area contributed by atoms with Crippen molar-refractivity contribution in [3.8, 4) is 0 Å². The molecule has 124 valence electrons. The molecule has 3 nitrogen and oxygen atoms in total. The van der Waals surface area contributed by atoms with Gasteiger partial charge in [0.1, 0.15) is 0 Å². The quantitative estimate of drug-likeness (QED) is 0.740. The predicted octanol–water partition coefficient (Wildman–Crippen LogP) is 3.03. The Kier molecular flexibility index (Phi) is 6.97. The maximum Gasteiger partial charge on any atom is 0.0541 e. The van der Waals surface area contributed by atoms with Crippen LogP contribution in [-0.4, -0.2) is 48.8 Å². The summed E-state index contributed by atoms with van der Waals surface area (Å²) in [6, 6.07) is 0. The summed E-state index contributed by atoms with van der Waals surface area (Å²) in [4.78, 5) is 2.68. The normalized spacial score (nSPS) is 26.4. The third-order valence-electron chi connectivity index (χ3n) is 5.79. The second-order valence-electron chi connectivity index (χ2n) is 7.55. The molecule has 2 rings (SSSR count). The monoisotopic (exact) mass is 296 g/mol. The summed E-state index contributed by atoms with van der Waals surface area (Å²) in [6.07, 6.45) is 10.7. The molecular formula is C18H36N2O. The van der Waals surface area contributed by atoms with E-state index in [1.807, 2.05) is 6.92 Å². The molecular weight excluding hydrogens is 260 g/mol. The van der Waals surface area contributed by atoms with E-state index in [9.17, 15) is 5.11 Å². The molecule has 0 radical (unpaired) electrons. The van der Waals surface area contributed by atoms with Crippen molar-refractivity contribution in [2.24, 2.45) is 11.3 Å². The first-order chi connectivity index (χ1) is 10.2. The number of hydrogen-bond acceptors (Lipinski definition) is 3. The minimum Gasteiger partial charge on any atom is -0.393 e. The van der Waals surface area contributed by atoms with Gasteiger partial charge in [0.15, 0.2) is 0 Å². The van der Waals surface area contributed by atoms with Crippen LogP contribution in [-0.2, 0) is 0 Å². The standard InChI is InChI=1S/C18H36N2O/c1-3-19-14-18(10-6-4-5-7-11-18)15-20-12-8-17(9-13-20)16(2)21/h16-17,19,21H,3-15H2,1-2H3. The summed E-state index contributed by atoms with van der Waals surface area (Å²) in [5.74, 6) is 0.528. The van der Waals surface area contributed by atoms with Crippen LogP contribution < -0.4 is 5.32 Å². The number of hydrogen-bond donors (Lipinski definition) is 2. The van der Waals surface area contributed by atoms with Gasteiger partial charge in [0.25, 0.3) is 0 Å². The fraction of sp³-hybridized carbons (Fsp3) is 1.00. The minimum atomic E-state index is -0.124. The van der Waals surface area contributed by atoms with Gasteiger partial charge in [-0.2, -0.15) is 0 Å². The fourth-order valence-electron chi connectivity index (χ4n) is 4.33. The molecule has 1 atom stereocenters. The molecule has 1 saturated heterocycles. The van der Waals surface area contributed by atoms with Crippen molar-refractivity contribution >= 4 is 0 Å². The molecule has 0 spiro atoms. The Hall–Kier alpha value is -0.120. The van der Waals surface area contributed by atoms with E-state index in [2.05, 4.69) is 17.1 Å². The molecule has 0 aromatic carbocycles. The van der Waals surface area contributed by atoms with Crippen molar-refractivity contribution in [3.63, 3.8) is 0 Å². The molecule has 2 fully saturated rings. The number of aliphatic hydroxyl groups is 1. The lowest BCUT2D eigenvalue weighted by molar-refractivity contribution is 0.0481. The number of rotatable bonds is 6. The van der Waals surface area contributed by atoms with E-state index in [0.717, 1.165) is 6.54 Å². The maximum atomic E-state index is 9.76. The Morgan fingerprint density at radius 1 is 1.14 bits per heavy atom. The average Bonchev–Trinajstić information content (AvgIpc) is 2.72. The Balaban J connectivity index is 1.89. The van der Waals surface area contributed by atoms with Gasteiger partial charge in [-0.3, -0.25) is 0 Å². The zero-order chi connectivity index (χ0) is 15.1. The fourth-order valence-corrected chi connectivity index (χ4v) is 4.33. The van der Waals surface area contributed by atoms with Crippen molar-refractivity contribution < 1.29 is 5.11 Å². The van der Waals surface area contributed by atoms with Gasteiger partial charge in [-0.25, -0.2) is 0 Å². The lowest BCUT2D eigenvalue weighted by atomic mass is 9.78. The highest BCUT2D eigenvalue weighted by Crippen LogP contribution is 2.36. The Morgan fingerprint density at radius 3 is 2.29 bits per heavy atom. The highest BCUT2D eigenvalue weighted by Gasteiger charge is 2.34. The summed E-state index contributed by atoms with van der Waals surface area (Å²) < 4.78 is 0. The van der Waals surface area contributed by atoms with Crippen molar-refractivity contribution in [2.45, 2.75) is 71.3 Å². The van der Waals surface area contributed by atoms with Crippen molar-refractivity contribution in [1.29, 1.82) is 0 Å². The first-order valence-corrected chi connectivity index (χ1v) is 9.26. The van der Waals surface area contributed by atoms with Gasteiger partial charge in [0.2, 0.25) is 0 Å². The average molecular weight is 296 g/mol. The van der Waals surface area contributed by atoms with Crippen LogP contribution >= 0.6 is 0 Å². The molecule has 3 heteroatoms. The summed E-state index contributed by atoms with van der Waals surface area (Å²) >= 11 is 0. The Labute approximate surface area is 131 Å². The van der Waals surface area contributed by atoms with Gasteiger partial charge in [0.05, 0.1) is 6.10 Å². The zero-order valence-electron chi connectivity index (χ0n) is 14.2. The SMILES string of the molecule is CCNCC1(CN2CCC(C(C)O)CC2)CCCCCC1. The van der Waals surface area contributed by atoms with Crippen LogP contribution in [0.1, 0.15) is 65.2 Å². The van der Waals surface area contributed by atoms with Crippen molar-refractivity contribution in [1.82, 2.24) is 10.2 Å². The Morgan fingerprint density at radius 2 is 1.76 bits per heavy atom. The summed E-state index contributed by atoms with van der Waals surface area (Å²) in [5, 5.41) is 13.4. The van der Waals surface area contributed by atoms with E-state index in [0.29, 0.717) is 11.3 Å². The minimum absolute atomic E-state index is 0.124. The van der Waals surface area contributed by atoms with Gasteiger partial charge in [-0.05, 0) is 63.6 Å². The second kappa shape index (κ2) is 8.50. The van der Waals surface area contributed by atoms with Gasteiger partial charge in [-0.1, -0.05) is 32.6 Å². The number of piperidine rings is 1. The number of nitrogens with one attached hydrogen (secondary N) is 1. The molecule has 0 aromatic rings. The van der Waals surface area contributed by atoms with Crippen LogP contribution in [0.25, 0.3) is 0 Å². The van der Waals surface area contributed by atoms with Gasteiger partial charge >= 0.3 is 0 Å². The number of likely N-dealkylation sites (tertiary alicyclic amines) is 1. The van der Waals surface area contributed by atoms with Crippen LogP contribution in [0.5, 0.6) is 0 Å². The Bertz CT molecular complexity index is 277. The van der Waals surface area contributed by atoms with Crippen LogP contribution in [0.2, 0.25) is 0 Å². The van der Waals surface area contributed by atoms with Crippen molar-refractivity contribution in [2.75, 3.05) is 32.7 Å². The lowest BCUT2D eigenvalue weighted by Crippen LogP contribution is -2.47. The van der Waals surface area contributed by atoms with Crippen LogP contribution in [0.4, 0.5) is 0 Å². The molecule has 1 unspecified atom stereocenters. The zero-order valence-corrected chi connectivity index (χ0v) is 14.2. The molecule has 1 aliphatic heterocycles. The number of nitrogens with zero attached hydrogens (tertiary/aromatic N) is 1. The van der Waals surface area contributed by atoms with Crippen molar-refractivity contribution in [3.05, 3.63) is 0 Å². The van der Waals surface area contributed by atoms with E-state index in [1.165, 1.54) is 77.5 Å². The second-order valence-corrected chi connectivity index (χ2v) is 7.55. The maximum absolute atomic E-state index is 9.76. The summed E-state index contributed by atoms with van der Waals surface area (Å²) in [7, 11) is 0. The third-order valence-corrected chi connectivity index (χ3v) is 5.79. The van der Waals surface area contributed by atoms with E-state index < -0.39 is 0 Å². The van der Waals surface area contributed by atoms with Crippen LogP contribution in [0.3, 0.4) is 0 Å². The van der Waals surface area contributed by atoms with Crippen LogP contribution in [0, 0.1) is 11.3 Å². The van der Waals surface area contributed by atoms with E-state index in [-0.39, 0.29) is 6.10 Å². The number of aliphatic hydroxyl groups excluding tert-OH is 1. The molecule has 1 saturated carbocycles. The summed E-state index contributed by atoms with van der Waals surface area (Å²) in [6.45, 7) is 10.1. The van der Waals surface area contributed by atoms with E-state index >= 15 is 0 Å². The molecule has 1 heterocycles. The first kappa shape index (κ1) is 17.2. The molecule has 0 amide bonds. The molecule has 21 heavy (non-hydrogen) atoms. The smallest absolute Gasteiger partial charge is 0.0541 e. The third kappa shape index (κ3) is 5.22. The van der Waals surface area contributed by atoms with Gasteiger partial charge in [0, 0.05) is 13.1 Å². The highest BCUT2D eigenvalue weighted by molar-refractivity contribution is 4.88. The van der Waals surface area contributed by atoms with E-state index in [1.54, 1.807) is 0 Å². The summed E-state index contributed by atoms with van der Waals surface area (Å²) in [5.41, 5.74) is 0.504. The van der Waals surface area contributed by atoms with Gasteiger partial charge in [-0.15, -0.1) is 0 Å². The van der Waals surface area contributed by atoms with Gasteiger partial charge < -0.3 is 15.3 Å². The highest BCUT2D eigenvalue weighted by atomic mass is 16.3. The predicted molar refractivity (Wildman–Crippen MR) is 89.5 cm³/mol. The largest absolute Gasteiger partial charge is 0.393 e. The molecule has 0 aromatic heterocycles.